The number of aromatic nitrogens is 3. The van der Waals surface area contributed by atoms with Crippen LogP contribution in [0.1, 0.15) is 11.3 Å². The third-order valence-corrected chi connectivity index (χ3v) is 5.31. The molecule has 0 aliphatic carbocycles. The van der Waals surface area contributed by atoms with Gasteiger partial charge in [-0.25, -0.2) is 18.4 Å². The predicted octanol–water partition coefficient (Wildman–Crippen LogP) is 3.54. The van der Waals surface area contributed by atoms with Gasteiger partial charge in [0.05, 0.1) is 12.9 Å². The first-order valence-electron chi connectivity index (χ1n) is 7.92. The van der Waals surface area contributed by atoms with Gasteiger partial charge in [-0.1, -0.05) is 18.2 Å². The van der Waals surface area contributed by atoms with Gasteiger partial charge in [-0.05, 0) is 18.2 Å². The van der Waals surface area contributed by atoms with Crippen LogP contribution in [0, 0.1) is 0 Å². The van der Waals surface area contributed by atoms with E-state index in [1.165, 1.54) is 37.7 Å². The summed E-state index contributed by atoms with van der Waals surface area (Å²) in [5.74, 6) is -0.636. The Balaban J connectivity index is 2.12. The summed E-state index contributed by atoms with van der Waals surface area (Å²) in [5, 5.41) is -0.723. The molecule has 0 N–H and O–H groups in total. The number of halogens is 3. The molecule has 1 aromatic carbocycles. The second kappa shape index (κ2) is 7.55. The number of methoxy groups -OCH3 is 1. The molecule has 3 rings (SSSR count). The lowest BCUT2D eigenvalue weighted by atomic mass is 10.2. The van der Waals surface area contributed by atoms with Crippen molar-refractivity contribution in [2.75, 3.05) is 7.11 Å². The van der Waals surface area contributed by atoms with E-state index in [4.69, 9.17) is 4.74 Å². The molecule has 10 heteroatoms. The molecule has 0 spiro atoms. The van der Waals surface area contributed by atoms with Crippen molar-refractivity contribution in [3.63, 3.8) is 0 Å². The van der Waals surface area contributed by atoms with Crippen molar-refractivity contribution >= 4 is 9.84 Å². The fraction of sp³-hybridized carbons (Fsp3) is 0.167. The van der Waals surface area contributed by atoms with Gasteiger partial charge in [-0.3, -0.25) is 4.98 Å². The zero-order valence-corrected chi connectivity index (χ0v) is 15.3. The van der Waals surface area contributed by atoms with Crippen molar-refractivity contribution in [1.29, 1.82) is 0 Å². The number of pyridine rings is 1. The van der Waals surface area contributed by atoms with E-state index in [1.54, 1.807) is 18.2 Å². The molecule has 0 aliphatic heterocycles. The number of hydrogen-bond donors (Lipinski definition) is 0. The number of rotatable bonds is 5. The number of hydrogen-bond acceptors (Lipinski definition) is 6. The van der Waals surface area contributed by atoms with Gasteiger partial charge in [0.2, 0.25) is 0 Å². The number of benzene rings is 1. The van der Waals surface area contributed by atoms with Crippen LogP contribution < -0.4 is 4.74 Å². The predicted molar refractivity (Wildman–Crippen MR) is 94.1 cm³/mol. The Morgan fingerprint density at radius 2 is 1.82 bits per heavy atom. The van der Waals surface area contributed by atoms with E-state index in [-0.39, 0.29) is 11.4 Å². The van der Waals surface area contributed by atoms with Crippen LogP contribution in [0.15, 0.2) is 59.9 Å². The van der Waals surface area contributed by atoms with E-state index in [0.29, 0.717) is 17.4 Å². The molecule has 6 nitrogen and oxygen atoms in total. The standard InChI is InChI=1S/C18H14F3N3O3S/c1-27-14-7-3-2-5-13(14)11-28(25,26)16-9-15(18(19,20)21)23-17(24-16)12-6-4-8-22-10-12/h2-10H,11H2,1H3. The van der Waals surface area contributed by atoms with Gasteiger partial charge < -0.3 is 4.74 Å². The fourth-order valence-corrected chi connectivity index (χ4v) is 3.77. The molecule has 2 heterocycles. The van der Waals surface area contributed by atoms with E-state index < -0.39 is 32.5 Å². The largest absolute Gasteiger partial charge is 0.496 e. The fourth-order valence-electron chi connectivity index (χ4n) is 2.45. The third-order valence-electron chi connectivity index (χ3n) is 3.77. The summed E-state index contributed by atoms with van der Waals surface area (Å²) in [6.45, 7) is 0. The summed E-state index contributed by atoms with van der Waals surface area (Å²) in [7, 11) is -2.84. The molecule has 0 aliphatic rings. The van der Waals surface area contributed by atoms with Crippen LogP contribution in [0.2, 0.25) is 0 Å². The zero-order chi connectivity index (χ0) is 20.4. The van der Waals surface area contributed by atoms with Crippen molar-refractivity contribution in [2.45, 2.75) is 17.0 Å². The van der Waals surface area contributed by atoms with Crippen molar-refractivity contribution in [3.8, 4) is 17.1 Å². The Hall–Kier alpha value is -3.01. The number of sulfone groups is 1. The lowest BCUT2D eigenvalue weighted by Crippen LogP contribution is -2.15. The average Bonchev–Trinajstić information content (AvgIpc) is 2.68. The second-order valence-corrected chi connectivity index (χ2v) is 7.66. The monoisotopic (exact) mass is 409 g/mol. The molecule has 0 saturated carbocycles. The topological polar surface area (TPSA) is 82.0 Å². The van der Waals surface area contributed by atoms with E-state index in [1.807, 2.05) is 0 Å². The van der Waals surface area contributed by atoms with E-state index >= 15 is 0 Å². The molecule has 0 amide bonds. The minimum atomic E-state index is -4.84. The Labute approximate surface area is 159 Å². The molecule has 0 fully saturated rings. The van der Waals surface area contributed by atoms with Gasteiger partial charge in [-0.2, -0.15) is 13.2 Å². The minimum Gasteiger partial charge on any atom is -0.496 e. The first-order chi connectivity index (χ1) is 13.2. The first-order valence-corrected chi connectivity index (χ1v) is 9.57. The summed E-state index contributed by atoms with van der Waals surface area (Å²) in [5.41, 5.74) is -0.873. The highest BCUT2D eigenvalue weighted by molar-refractivity contribution is 7.90. The molecule has 0 saturated heterocycles. The Bertz CT molecular complexity index is 1090. The SMILES string of the molecule is COc1ccccc1CS(=O)(=O)c1cc(C(F)(F)F)nc(-c2cccnc2)n1. The highest BCUT2D eigenvalue weighted by Crippen LogP contribution is 2.31. The molecular formula is C18H14F3N3O3S. The molecule has 0 unspecified atom stereocenters. The molecule has 0 radical (unpaired) electrons. The third kappa shape index (κ3) is 4.28. The van der Waals surface area contributed by atoms with E-state index in [2.05, 4.69) is 15.0 Å². The number of ether oxygens (including phenoxy) is 1. The average molecular weight is 409 g/mol. The molecule has 2 aromatic heterocycles. The van der Waals surface area contributed by atoms with Crippen LogP contribution in [0.5, 0.6) is 5.75 Å². The highest BCUT2D eigenvalue weighted by Gasteiger charge is 2.35. The number of nitrogens with zero attached hydrogens (tertiary/aromatic N) is 3. The Morgan fingerprint density at radius 3 is 2.46 bits per heavy atom. The van der Waals surface area contributed by atoms with Crippen LogP contribution in [-0.4, -0.2) is 30.5 Å². The van der Waals surface area contributed by atoms with Gasteiger partial charge in [0.1, 0.15) is 11.4 Å². The van der Waals surface area contributed by atoms with E-state index in [0.717, 1.165) is 0 Å². The van der Waals surface area contributed by atoms with Crippen LogP contribution in [0.3, 0.4) is 0 Å². The van der Waals surface area contributed by atoms with Crippen molar-refractivity contribution in [1.82, 2.24) is 15.0 Å². The summed E-state index contributed by atoms with van der Waals surface area (Å²) >= 11 is 0. The number of para-hydroxylation sites is 1. The van der Waals surface area contributed by atoms with Gasteiger partial charge in [0.25, 0.3) is 0 Å². The second-order valence-electron chi connectivity index (χ2n) is 5.73. The van der Waals surface area contributed by atoms with Crippen LogP contribution in [-0.2, 0) is 21.8 Å². The first kappa shape index (κ1) is 19.7. The van der Waals surface area contributed by atoms with Crippen molar-refractivity contribution in [2.24, 2.45) is 0 Å². The van der Waals surface area contributed by atoms with Crippen LogP contribution >= 0.6 is 0 Å². The molecule has 28 heavy (non-hydrogen) atoms. The van der Waals surface area contributed by atoms with E-state index in [9.17, 15) is 21.6 Å². The lowest BCUT2D eigenvalue weighted by molar-refractivity contribution is -0.141. The maximum atomic E-state index is 13.3. The van der Waals surface area contributed by atoms with Gasteiger partial charge in [0.15, 0.2) is 20.7 Å². The minimum absolute atomic E-state index is 0.169. The summed E-state index contributed by atoms with van der Waals surface area (Å²) < 4.78 is 70.5. The van der Waals surface area contributed by atoms with Crippen molar-refractivity contribution < 1.29 is 26.3 Å². The lowest BCUT2D eigenvalue weighted by Gasteiger charge is -2.12. The zero-order valence-electron chi connectivity index (χ0n) is 14.5. The molecule has 146 valence electrons. The van der Waals surface area contributed by atoms with Gasteiger partial charge in [-0.15, -0.1) is 0 Å². The normalized spacial score (nSPS) is 12.0. The maximum Gasteiger partial charge on any atom is 0.433 e. The number of alkyl halides is 3. The molecule has 0 atom stereocenters. The van der Waals surface area contributed by atoms with Gasteiger partial charge >= 0.3 is 6.18 Å². The van der Waals surface area contributed by atoms with Gasteiger partial charge in [0, 0.05) is 29.6 Å². The Morgan fingerprint density at radius 1 is 1.07 bits per heavy atom. The molecule has 3 aromatic rings. The maximum absolute atomic E-state index is 13.3. The Kier molecular flexibility index (Phi) is 5.32. The highest BCUT2D eigenvalue weighted by atomic mass is 32.2. The molecule has 0 bridgehead atoms. The summed E-state index contributed by atoms with van der Waals surface area (Å²) in [6, 6.07) is 9.71. The van der Waals surface area contributed by atoms with Crippen molar-refractivity contribution in [3.05, 3.63) is 66.1 Å². The summed E-state index contributed by atoms with van der Waals surface area (Å²) in [4.78, 5) is 11.1. The smallest absolute Gasteiger partial charge is 0.433 e. The quantitative estimate of drug-likeness (QED) is 0.600. The van der Waals surface area contributed by atoms with Crippen LogP contribution in [0.4, 0.5) is 13.2 Å². The van der Waals surface area contributed by atoms with Crippen LogP contribution in [0.25, 0.3) is 11.4 Å². The summed E-state index contributed by atoms with van der Waals surface area (Å²) in [6.07, 6.45) is -2.16. The molecular weight excluding hydrogens is 395 g/mol.